The fourth-order valence-corrected chi connectivity index (χ4v) is 2.13. The maximum Gasteiger partial charge on any atom is 0.138 e. The van der Waals surface area contributed by atoms with Crippen LogP contribution in [0.5, 0.6) is 0 Å². The Bertz CT molecular complexity index is 486. The second kappa shape index (κ2) is 6.26. The van der Waals surface area contributed by atoms with Crippen molar-refractivity contribution in [3.63, 3.8) is 0 Å². The van der Waals surface area contributed by atoms with E-state index in [1.807, 2.05) is 6.92 Å². The molecule has 4 N–H and O–H groups in total. The van der Waals surface area contributed by atoms with Crippen LogP contribution >= 0.6 is 0 Å². The van der Waals surface area contributed by atoms with Gasteiger partial charge in [0.25, 0.3) is 0 Å². The molecule has 6 heteroatoms. The molecule has 0 aliphatic carbocycles. The van der Waals surface area contributed by atoms with Crippen LogP contribution in [0, 0.1) is 15.7 Å². The number of hydrogen-bond acceptors (Lipinski definition) is 6. The molecule has 0 saturated carbocycles. The molecular weight excluding hydrogens is 244 g/mol. The summed E-state index contributed by atoms with van der Waals surface area (Å²) >= 11 is 0. The Hall–Kier alpha value is -1.98. The van der Waals surface area contributed by atoms with E-state index in [9.17, 15) is 9.81 Å². The molecule has 1 atom stereocenters. The second-order valence-electron chi connectivity index (χ2n) is 5.22. The first kappa shape index (κ1) is 15.1. The summed E-state index contributed by atoms with van der Waals surface area (Å²) in [4.78, 5) is 21.6. The third-order valence-corrected chi connectivity index (χ3v) is 3.25. The van der Waals surface area contributed by atoms with E-state index in [4.69, 9.17) is 11.5 Å². The predicted octanol–water partition coefficient (Wildman–Crippen LogP) is 4.19. The first-order valence-electron chi connectivity index (χ1n) is 6.30. The number of anilines is 2. The van der Waals surface area contributed by atoms with Crippen molar-refractivity contribution in [2.45, 2.75) is 39.5 Å². The minimum atomic E-state index is -0.0353. The van der Waals surface area contributed by atoms with Gasteiger partial charge in [-0.25, -0.2) is 0 Å². The third-order valence-electron chi connectivity index (χ3n) is 3.25. The molecule has 0 bridgehead atoms. The molecule has 104 valence electrons. The number of nitrogens with zero attached hydrogens (tertiary/aromatic N) is 2. The fourth-order valence-electron chi connectivity index (χ4n) is 2.13. The zero-order valence-corrected chi connectivity index (χ0v) is 11.5. The predicted molar refractivity (Wildman–Crippen MR) is 78.7 cm³/mol. The SMILES string of the molecule is CC(C)CCC(C)c1c(N)cc(N=O)c(N)c1N=O. The van der Waals surface area contributed by atoms with Crippen molar-refractivity contribution in [3.05, 3.63) is 21.4 Å². The highest BCUT2D eigenvalue weighted by Gasteiger charge is 2.21. The first-order chi connectivity index (χ1) is 8.92. The lowest BCUT2D eigenvalue weighted by Crippen LogP contribution is -2.04. The summed E-state index contributed by atoms with van der Waals surface area (Å²) in [6.45, 7) is 6.22. The van der Waals surface area contributed by atoms with Gasteiger partial charge in [0.2, 0.25) is 0 Å². The zero-order valence-electron chi connectivity index (χ0n) is 11.5. The molecule has 0 spiro atoms. The van der Waals surface area contributed by atoms with Gasteiger partial charge in [0, 0.05) is 11.3 Å². The van der Waals surface area contributed by atoms with Crippen LogP contribution in [0.1, 0.15) is 45.1 Å². The molecule has 0 aliphatic heterocycles. The molecule has 1 rings (SSSR count). The molecule has 0 aromatic heterocycles. The van der Waals surface area contributed by atoms with Gasteiger partial charge in [0.05, 0.1) is 5.69 Å². The quantitative estimate of drug-likeness (QED) is 0.592. The van der Waals surface area contributed by atoms with Gasteiger partial charge < -0.3 is 11.5 Å². The van der Waals surface area contributed by atoms with Gasteiger partial charge in [0.1, 0.15) is 11.4 Å². The Balaban J connectivity index is 3.22. The van der Waals surface area contributed by atoms with Gasteiger partial charge in [-0.3, -0.25) is 0 Å². The highest BCUT2D eigenvalue weighted by atomic mass is 16.3. The lowest BCUT2D eigenvalue weighted by Gasteiger charge is -2.18. The standard InChI is InChI=1S/C13H20N4O2/c1-7(2)4-5-8(3)11-9(14)6-10(16-18)12(15)13(11)17-19/h6-8H,4-5,14-15H2,1-3H3. The number of nitrogen functional groups attached to an aromatic ring is 2. The number of benzene rings is 1. The summed E-state index contributed by atoms with van der Waals surface area (Å²) in [6, 6.07) is 1.40. The first-order valence-corrected chi connectivity index (χ1v) is 6.30. The Morgan fingerprint density at radius 2 is 1.74 bits per heavy atom. The summed E-state index contributed by atoms with van der Waals surface area (Å²) in [6.07, 6.45) is 1.88. The lowest BCUT2D eigenvalue weighted by molar-refractivity contribution is 0.518. The van der Waals surface area contributed by atoms with Crippen LogP contribution in [0.25, 0.3) is 0 Å². The summed E-state index contributed by atoms with van der Waals surface area (Å²) in [5.41, 5.74) is 12.6. The summed E-state index contributed by atoms with van der Waals surface area (Å²) in [5.74, 6) is 0.614. The van der Waals surface area contributed by atoms with E-state index in [2.05, 4.69) is 24.2 Å². The van der Waals surface area contributed by atoms with Crippen LogP contribution in [-0.4, -0.2) is 0 Å². The number of rotatable bonds is 6. The molecule has 1 aromatic carbocycles. The van der Waals surface area contributed by atoms with E-state index in [0.29, 0.717) is 17.2 Å². The highest BCUT2D eigenvalue weighted by molar-refractivity contribution is 5.84. The molecule has 6 nitrogen and oxygen atoms in total. The van der Waals surface area contributed by atoms with Crippen LogP contribution in [0.4, 0.5) is 22.7 Å². The molecular formula is C13H20N4O2. The Labute approximate surface area is 112 Å². The smallest absolute Gasteiger partial charge is 0.138 e. The minimum Gasteiger partial charge on any atom is -0.398 e. The van der Waals surface area contributed by atoms with Crippen molar-refractivity contribution in [2.24, 2.45) is 16.3 Å². The monoisotopic (exact) mass is 264 g/mol. The molecule has 1 aromatic rings. The summed E-state index contributed by atoms with van der Waals surface area (Å²) in [7, 11) is 0. The van der Waals surface area contributed by atoms with Crippen LogP contribution in [-0.2, 0) is 0 Å². The summed E-state index contributed by atoms with van der Waals surface area (Å²) in [5, 5.41) is 5.69. The maximum absolute atomic E-state index is 11.0. The Morgan fingerprint density at radius 3 is 2.21 bits per heavy atom. The molecule has 0 aliphatic rings. The van der Waals surface area contributed by atoms with Gasteiger partial charge in [-0.15, -0.1) is 9.81 Å². The van der Waals surface area contributed by atoms with Gasteiger partial charge in [0.15, 0.2) is 0 Å². The third kappa shape index (κ3) is 3.27. The van der Waals surface area contributed by atoms with Crippen molar-refractivity contribution in [1.82, 2.24) is 0 Å². The van der Waals surface area contributed by atoms with E-state index < -0.39 is 0 Å². The Morgan fingerprint density at radius 1 is 1.11 bits per heavy atom. The summed E-state index contributed by atoms with van der Waals surface area (Å²) < 4.78 is 0. The number of nitrogens with two attached hydrogens (primary N) is 2. The van der Waals surface area contributed by atoms with Crippen LogP contribution < -0.4 is 11.5 Å². The fraction of sp³-hybridized carbons (Fsp3) is 0.538. The van der Waals surface area contributed by atoms with Crippen molar-refractivity contribution in [2.75, 3.05) is 11.5 Å². The van der Waals surface area contributed by atoms with E-state index in [1.165, 1.54) is 6.07 Å². The molecule has 0 amide bonds. The minimum absolute atomic E-state index is 0.00518. The van der Waals surface area contributed by atoms with Crippen molar-refractivity contribution < 1.29 is 0 Å². The van der Waals surface area contributed by atoms with Crippen LogP contribution in [0.15, 0.2) is 16.4 Å². The van der Waals surface area contributed by atoms with E-state index in [1.54, 1.807) is 0 Å². The largest absolute Gasteiger partial charge is 0.398 e. The van der Waals surface area contributed by atoms with Gasteiger partial charge >= 0.3 is 0 Å². The van der Waals surface area contributed by atoms with Crippen LogP contribution in [0.3, 0.4) is 0 Å². The number of nitroso groups, excluding NO2 is 2. The van der Waals surface area contributed by atoms with Gasteiger partial charge in [-0.2, -0.15) is 0 Å². The molecule has 19 heavy (non-hydrogen) atoms. The van der Waals surface area contributed by atoms with Crippen molar-refractivity contribution >= 4 is 22.7 Å². The van der Waals surface area contributed by atoms with Gasteiger partial charge in [-0.05, 0) is 34.7 Å². The van der Waals surface area contributed by atoms with Crippen LogP contribution in [0.2, 0.25) is 0 Å². The average Bonchev–Trinajstić information content (AvgIpc) is 2.37. The zero-order chi connectivity index (χ0) is 14.6. The van der Waals surface area contributed by atoms with E-state index in [-0.39, 0.29) is 23.0 Å². The van der Waals surface area contributed by atoms with Crippen molar-refractivity contribution in [1.29, 1.82) is 0 Å². The Kier molecular flexibility index (Phi) is 4.97. The second-order valence-corrected chi connectivity index (χ2v) is 5.22. The normalized spacial score (nSPS) is 12.4. The van der Waals surface area contributed by atoms with Crippen molar-refractivity contribution in [3.8, 4) is 0 Å². The van der Waals surface area contributed by atoms with E-state index in [0.717, 1.165) is 12.8 Å². The average molecular weight is 264 g/mol. The molecule has 0 radical (unpaired) electrons. The molecule has 1 unspecified atom stereocenters. The number of hydrogen-bond donors (Lipinski definition) is 2. The molecule has 0 heterocycles. The molecule has 0 saturated heterocycles. The lowest BCUT2D eigenvalue weighted by atomic mass is 9.90. The topological polar surface area (TPSA) is 111 Å². The highest BCUT2D eigenvalue weighted by Crippen LogP contribution is 2.44. The van der Waals surface area contributed by atoms with E-state index >= 15 is 0 Å². The van der Waals surface area contributed by atoms with Gasteiger partial charge in [-0.1, -0.05) is 27.2 Å². The maximum atomic E-state index is 11.0. The molecule has 0 fully saturated rings.